The summed E-state index contributed by atoms with van der Waals surface area (Å²) in [5.74, 6) is 0. The van der Waals surface area contributed by atoms with E-state index >= 15 is 0 Å². The molecule has 100 valence electrons. The minimum Gasteiger partial charge on any atom is -0.332 e. The summed E-state index contributed by atoms with van der Waals surface area (Å²) >= 11 is 11.2. The van der Waals surface area contributed by atoms with Crippen LogP contribution in [0, 0.1) is 0 Å². The lowest BCUT2D eigenvalue weighted by molar-refractivity contribution is 1.38. The number of hydrogen-bond donors (Lipinski definition) is 1. The van der Waals surface area contributed by atoms with E-state index in [9.17, 15) is 0 Å². The van der Waals surface area contributed by atoms with Crippen molar-refractivity contribution in [3.05, 3.63) is 63.4 Å². The fourth-order valence-corrected chi connectivity index (χ4v) is 3.18. The van der Waals surface area contributed by atoms with Crippen molar-refractivity contribution in [3.8, 4) is 11.3 Å². The van der Waals surface area contributed by atoms with Crippen molar-refractivity contribution in [2.24, 2.45) is 0 Å². The molecule has 0 unspecified atom stereocenters. The van der Waals surface area contributed by atoms with Crippen LogP contribution < -0.4 is 5.32 Å². The van der Waals surface area contributed by atoms with Crippen LogP contribution in [-0.2, 0) is 0 Å². The highest BCUT2D eigenvalue weighted by Crippen LogP contribution is 2.31. The van der Waals surface area contributed by atoms with Gasteiger partial charge in [0.05, 0.1) is 5.69 Å². The molecular formula is C15H10BrClN2S. The first kappa shape index (κ1) is 13.6. The highest BCUT2D eigenvalue weighted by Gasteiger charge is 2.07. The van der Waals surface area contributed by atoms with Gasteiger partial charge in [-0.15, -0.1) is 11.3 Å². The molecule has 0 bridgehead atoms. The van der Waals surface area contributed by atoms with Crippen LogP contribution in [0.5, 0.6) is 0 Å². The molecule has 3 aromatic rings. The van der Waals surface area contributed by atoms with Crippen molar-refractivity contribution < 1.29 is 0 Å². The third-order valence-corrected chi connectivity index (χ3v) is 4.31. The van der Waals surface area contributed by atoms with Crippen LogP contribution in [0.25, 0.3) is 11.3 Å². The molecule has 1 aromatic heterocycles. The van der Waals surface area contributed by atoms with Crippen molar-refractivity contribution in [1.29, 1.82) is 0 Å². The average molecular weight is 366 g/mol. The standard InChI is InChI=1S/C15H10BrClN2S/c16-10-4-3-5-11(8-10)18-15-19-14(9-20-15)12-6-1-2-7-13(12)17/h1-9H,(H,18,19). The largest absolute Gasteiger partial charge is 0.332 e. The maximum Gasteiger partial charge on any atom is 0.187 e. The first-order valence-corrected chi connectivity index (χ1v) is 8.00. The van der Waals surface area contributed by atoms with Gasteiger partial charge in [0.25, 0.3) is 0 Å². The highest BCUT2D eigenvalue weighted by molar-refractivity contribution is 9.10. The normalized spacial score (nSPS) is 10.5. The van der Waals surface area contributed by atoms with E-state index in [4.69, 9.17) is 11.6 Å². The van der Waals surface area contributed by atoms with E-state index in [2.05, 4.69) is 26.2 Å². The number of anilines is 2. The number of nitrogens with zero attached hydrogens (tertiary/aromatic N) is 1. The monoisotopic (exact) mass is 364 g/mol. The van der Waals surface area contributed by atoms with E-state index < -0.39 is 0 Å². The molecule has 2 aromatic carbocycles. The van der Waals surface area contributed by atoms with Crippen LogP contribution >= 0.6 is 38.9 Å². The topological polar surface area (TPSA) is 24.9 Å². The number of benzene rings is 2. The summed E-state index contributed by atoms with van der Waals surface area (Å²) in [6, 6.07) is 15.7. The van der Waals surface area contributed by atoms with Crippen molar-refractivity contribution in [3.63, 3.8) is 0 Å². The quantitative estimate of drug-likeness (QED) is 0.618. The fraction of sp³-hybridized carbons (Fsp3) is 0. The molecule has 2 nitrogen and oxygen atoms in total. The first-order chi connectivity index (χ1) is 9.72. The summed E-state index contributed by atoms with van der Waals surface area (Å²) in [6.07, 6.45) is 0. The second kappa shape index (κ2) is 5.95. The summed E-state index contributed by atoms with van der Waals surface area (Å²) < 4.78 is 1.03. The van der Waals surface area contributed by atoms with E-state index in [1.807, 2.05) is 53.9 Å². The Bertz CT molecular complexity index is 742. The lowest BCUT2D eigenvalue weighted by atomic mass is 10.2. The van der Waals surface area contributed by atoms with Gasteiger partial charge in [-0.05, 0) is 24.3 Å². The smallest absolute Gasteiger partial charge is 0.187 e. The number of thiazole rings is 1. The van der Waals surface area contributed by atoms with E-state index in [-0.39, 0.29) is 0 Å². The molecule has 0 radical (unpaired) electrons. The van der Waals surface area contributed by atoms with Crippen molar-refractivity contribution in [1.82, 2.24) is 4.98 Å². The second-order valence-corrected chi connectivity index (χ2v) is 6.33. The summed E-state index contributed by atoms with van der Waals surface area (Å²) in [5.41, 5.74) is 2.84. The van der Waals surface area contributed by atoms with Crippen LogP contribution in [0.1, 0.15) is 0 Å². The summed E-state index contributed by atoms with van der Waals surface area (Å²) in [7, 11) is 0. The highest BCUT2D eigenvalue weighted by atomic mass is 79.9. The zero-order valence-electron chi connectivity index (χ0n) is 10.3. The SMILES string of the molecule is Clc1ccccc1-c1csc(Nc2cccc(Br)c2)n1. The van der Waals surface area contributed by atoms with Gasteiger partial charge in [-0.3, -0.25) is 0 Å². The van der Waals surface area contributed by atoms with Crippen LogP contribution in [0.2, 0.25) is 5.02 Å². The lowest BCUT2D eigenvalue weighted by Crippen LogP contribution is -1.89. The van der Waals surface area contributed by atoms with Gasteiger partial charge < -0.3 is 5.32 Å². The Morgan fingerprint density at radius 3 is 2.75 bits per heavy atom. The maximum atomic E-state index is 6.19. The summed E-state index contributed by atoms with van der Waals surface area (Å²) in [5, 5.41) is 6.85. The van der Waals surface area contributed by atoms with Crippen LogP contribution in [-0.4, -0.2) is 4.98 Å². The van der Waals surface area contributed by atoms with E-state index in [1.54, 1.807) is 11.3 Å². The van der Waals surface area contributed by atoms with E-state index in [1.165, 1.54) is 0 Å². The van der Waals surface area contributed by atoms with Gasteiger partial charge >= 0.3 is 0 Å². The minimum absolute atomic E-state index is 0.715. The molecule has 0 aliphatic rings. The van der Waals surface area contributed by atoms with Crippen molar-refractivity contribution >= 4 is 49.7 Å². The number of rotatable bonds is 3. The van der Waals surface area contributed by atoms with Gasteiger partial charge in [-0.2, -0.15) is 0 Å². The fourth-order valence-electron chi connectivity index (χ4n) is 1.81. The molecule has 0 amide bonds. The molecule has 0 aliphatic heterocycles. The molecule has 0 aliphatic carbocycles. The van der Waals surface area contributed by atoms with Gasteiger partial charge in [0.2, 0.25) is 0 Å². The Morgan fingerprint density at radius 1 is 1.10 bits per heavy atom. The van der Waals surface area contributed by atoms with Gasteiger partial charge in [0.1, 0.15) is 0 Å². The number of aromatic nitrogens is 1. The minimum atomic E-state index is 0.715. The molecule has 0 atom stereocenters. The Hall–Kier alpha value is -1.36. The Labute approximate surface area is 134 Å². The zero-order valence-corrected chi connectivity index (χ0v) is 13.5. The molecule has 3 rings (SSSR count). The molecule has 0 fully saturated rings. The maximum absolute atomic E-state index is 6.19. The first-order valence-electron chi connectivity index (χ1n) is 5.95. The van der Waals surface area contributed by atoms with E-state index in [0.717, 1.165) is 26.5 Å². The molecule has 1 N–H and O–H groups in total. The number of hydrogen-bond acceptors (Lipinski definition) is 3. The van der Waals surface area contributed by atoms with Crippen molar-refractivity contribution in [2.45, 2.75) is 0 Å². The van der Waals surface area contributed by atoms with Crippen LogP contribution in [0.15, 0.2) is 58.4 Å². The second-order valence-electron chi connectivity index (χ2n) is 4.15. The van der Waals surface area contributed by atoms with Crippen LogP contribution in [0.3, 0.4) is 0 Å². The summed E-state index contributed by atoms with van der Waals surface area (Å²) in [4.78, 5) is 4.57. The molecule has 0 saturated heterocycles. The third kappa shape index (κ3) is 3.03. The molecule has 20 heavy (non-hydrogen) atoms. The van der Waals surface area contributed by atoms with Gasteiger partial charge in [-0.25, -0.2) is 4.98 Å². The Balaban J connectivity index is 1.86. The predicted molar refractivity (Wildman–Crippen MR) is 90.0 cm³/mol. The Kier molecular flexibility index (Phi) is 4.05. The van der Waals surface area contributed by atoms with Gasteiger partial charge in [-0.1, -0.05) is 51.8 Å². The zero-order chi connectivity index (χ0) is 13.9. The number of nitrogens with one attached hydrogen (secondary N) is 1. The Morgan fingerprint density at radius 2 is 1.95 bits per heavy atom. The van der Waals surface area contributed by atoms with Gasteiger partial charge in [0, 0.05) is 26.1 Å². The average Bonchev–Trinajstić information content (AvgIpc) is 2.87. The predicted octanol–water partition coefficient (Wildman–Crippen LogP) is 5.97. The lowest BCUT2D eigenvalue weighted by Gasteiger charge is -2.02. The molecule has 0 saturated carbocycles. The summed E-state index contributed by atoms with van der Waals surface area (Å²) in [6.45, 7) is 0. The van der Waals surface area contributed by atoms with E-state index in [0.29, 0.717) is 5.02 Å². The third-order valence-electron chi connectivity index (χ3n) is 2.73. The molecule has 0 spiro atoms. The van der Waals surface area contributed by atoms with Crippen molar-refractivity contribution in [2.75, 3.05) is 5.32 Å². The number of halogens is 2. The molecule has 5 heteroatoms. The molecule has 1 heterocycles. The van der Waals surface area contributed by atoms with Gasteiger partial charge in [0.15, 0.2) is 5.13 Å². The molecular weight excluding hydrogens is 356 g/mol. The van der Waals surface area contributed by atoms with Crippen LogP contribution in [0.4, 0.5) is 10.8 Å².